The molecule has 0 spiro atoms. The first kappa shape index (κ1) is 15.3. The van der Waals surface area contributed by atoms with Gasteiger partial charge in [0.1, 0.15) is 6.04 Å². The number of nitrogens with zero attached hydrogens (tertiary/aromatic N) is 1. The van der Waals surface area contributed by atoms with E-state index in [-0.39, 0.29) is 12.5 Å². The van der Waals surface area contributed by atoms with Gasteiger partial charge < -0.3 is 20.7 Å². The quantitative estimate of drug-likeness (QED) is 0.653. The zero-order valence-electron chi connectivity index (χ0n) is 12.3. The Labute approximate surface area is 123 Å². The van der Waals surface area contributed by atoms with Gasteiger partial charge in [-0.05, 0) is 24.7 Å². The summed E-state index contributed by atoms with van der Waals surface area (Å²) in [4.78, 5) is 29.9. The molecule has 0 saturated heterocycles. The summed E-state index contributed by atoms with van der Waals surface area (Å²) in [6.07, 6.45) is 5.24. The summed E-state index contributed by atoms with van der Waals surface area (Å²) in [5.74, 6) is -0.0743. The van der Waals surface area contributed by atoms with Crippen LogP contribution in [0.15, 0.2) is 12.5 Å². The average molecular weight is 294 g/mol. The third kappa shape index (κ3) is 3.96. The van der Waals surface area contributed by atoms with Gasteiger partial charge in [-0.15, -0.1) is 0 Å². The highest BCUT2D eigenvalue weighted by Crippen LogP contribution is 2.30. The van der Waals surface area contributed by atoms with E-state index in [4.69, 9.17) is 0 Å². The van der Waals surface area contributed by atoms with Crippen molar-refractivity contribution >= 4 is 12.0 Å². The molecule has 1 heterocycles. The van der Waals surface area contributed by atoms with Gasteiger partial charge in [0.05, 0.1) is 6.33 Å². The molecule has 2 amide bonds. The standard InChI is InChI=1S/C14H22N4O3/c1-8-3-4-11(9(8)2)17-14(21)18-12(13(19)20)5-10-6-15-7-16-10/h6-9,11-12H,3-5H2,1-2H3,(H,15,16)(H,19,20)(H2,17,18,21). The summed E-state index contributed by atoms with van der Waals surface area (Å²) in [6.45, 7) is 4.28. The highest BCUT2D eigenvalue weighted by Gasteiger charge is 2.31. The summed E-state index contributed by atoms with van der Waals surface area (Å²) in [7, 11) is 0. The summed E-state index contributed by atoms with van der Waals surface area (Å²) in [6, 6.07) is -1.28. The van der Waals surface area contributed by atoms with Crippen molar-refractivity contribution in [2.24, 2.45) is 11.8 Å². The van der Waals surface area contributed by atoms with Gasteiger partial charge in [-0.25, -0.2) is 14.6 Å². The second-order valence-electron chi connectivity index (χ2n) is 5.81. The van der Waals surface area contributed by atoms with Crippen LogP contribution in [0.25, 0.3) is 0 Å². The molecule has 0 aliphatic heterocycles. The number of hydrogen-bond donors (Lipinski definition) is 4. The fraction of sp³-hybridized carbons (Fsp3) is 0.643. The van der Waals surface area contributed by atoms with E-state index in [1.54, 1.807) is 6.20 Å². The van der Waals surface area contributed by atoms with Crippen LogP contribution in [-0.4, -0.2) is 39.2 Å². The number of imidazole rings is 1. The Balaban J connectivity index is 1.88. The van der Waals surface area contributed by atoms with Crippen molar-refractivity contribution in [3.8, 4) is 0 Å². The van der Waals surface area contributed by atoms with Crippen molar-refractivity contribution in [3.05, 3.63) is 18.2 Å². The second-order valence-corrected chi connectivity index (χ2v) is 5.81. The number of aromatic nitrogens is 2. The Morgan fingerprint density at radius 1 is 1.48 bits per heavy atom. The van der Waals surface area contributed by atoms with Crippen LogP contribution >= 0.6 is 0 Å². The molecular formula is C14H22N4O3. The van der Waals surface area contributed by atoms with Crippen LogP contribution in [-0.2, 0) is 11.2 Å². The fourth-order valence-electron chi connectivity index (χ4n) is 2.75. The van der Waals surface area contributed by atoms with Crippen LogP contribution in [0.1, 0.15) is 32.4 Å². The molecule has 0 aromatic carbocycles. The van der Waals surface area contributed by atoms with E-state index in [0.29, 0.717) is 17.5 Å². The van der Waals surface area contributed by atoms with E-state index in [9.17, 15) is 14.7 Å². The van der Waals surface area contributed by atoms with Crippen LogP contribution in [0.2, 0.25) is 0 Å². The minimum absolute atomic E-state index is 0.113. The molecule has 4 unspecified atom stereocenters. The molecule has 4 N–H and O–H groups in total. The first-order chi connectivity index (χ1) is 9.97. The summed E-state index contributed by atoms with van der Waals surface area (Å²) >= 11 is 0. The fourth-order valence-corrected chi connectivity index (χ4v) is 2.75. The Morgan fingerprint density at radius 2 is 2.24 bits per heavy atom. The van der Waals surface area contributed by atoms with Gasteiger partial charge in [0.15, 0.2) is 0 Å². The van der Waals surface area contributed by atoms with Gasteiger partial charge in [0.25, 0.3) is 0 Å². The maximum atomic E-state index is 12.0. The highest BCUT2D eigenvalue weighted by atomic mass is 16.4. The van der Waals surface area contributed by atoms with Gasteiger partial charge in [-0.3, -0.25) is 0 Å². The number of nitrogens with one attached hydrogen (secondary N) is 3. The lowest BCUT2D eigenvalue weighted by atomic mass is 9.98. The smallest absolute Gasteiger partial charge is 0.326 e. The van der Waals surface area contributed by atoms with Crippen LogP contribution in [0, 0.1) is 11.8 Å². The van der Waals surface area contributed by atoms with Crippen molar-refractivity contribution in [1.29, 1.82) is 0 Å². The molecule has 1 aliphatic rings. The topological polar surface area (TPSA) is 107 Å². The summed E-state index contributed by atoms with van der Waals surface area (Å²) in [5, 5.41) is 14.6. The van der Waals surface area contributed by atoms with Crippen LogP contribution in [0.5, 0.6) is 0 Å². The number of carboxylic acid groups (broad SMARTS) is 1. The molecule has 2 rings (SSSR count). The third-order valence-corrected chi connectivity index (χ3v) is 4.36. The lowest BCUT2D eigenvalue weighted by Crippen LogP contribution is -2.50. The van der Waals surface area contributed by atoms with Gasteiger partial charge in [0, 0.05) is 24.4 Å². The first-order valence-corrected chi connectivity index (χ1v) is 7.24. The molecule has 1 saturated carbocycles. The number of aliphatic carboxylic acids is 1. The number of H-pyrrole nitrogens is 1. The molecule has 21 heavy (non-hydrogen) atoms. The highest BCUT2D eigenvalue weighted by molar-refractivity contribution is 5.82. The molecule has 7 heteroatoms. The number of aromatic amines is 1. The van der Waals surface area contributed by atoms with Gasteiger partial charge in [-0.2, -0.15) is 0 Å². The van der Waals surface area contributed by atoms with E-state index in [2.05, 4.69) is 34.4 Å². The zero-order chi connectivity index (χ0) is 15.4. The number of carbonyl (C=O) groups is 2. The number of amides is 2. The van der Waals surface area contributed by atoms with E-state index >= 15 is 0 Å². The Bertz CT molecular complexity index is 488. The predicted molar refractivity (Wildman–Crippen MR) is 76.7 cm³/mol. The minimum atomic E-state index is -1.06. The third-order valence-electron chi connectivity index (χ3n) is 4.36. The molecule has 1 aliphatic carbocycles. The lowest BCUT2D eigenvalue weighted by molar-refractivity contribution is -0.139. The minimum Gasteiger partial charge on any atom is -0.480 e. The zero-order valence-corrected chi connectivity index (χ0v) is 12.3. The normalized spacial score (nSPS) is 26.3. The van der Waals surface area contributed by atoms with Crippen molar-refractivity contribution < 1.29 is 14.7 Å². The maximum Gasteiger partial charge on any atom is 0.326 e. The Kier molecular flexibility index (Phi) is 4.82. The lowest BCUT2D eigenvalue weighted by Gasteiger charge is -2.21. The average Bonchev–Trinajstić information content (AvgIpc) is 3.03. The Hall–Kier alpha value is -2.05. The monoisotopic (exact) mass is 294 g/mol. The van der Waals surface area contributed by atoms with Crippen LogP contribution < -0.4 is 10.6 Å². The van der Waals surface area contributed by atoms with Crippen molar-refractivity contribution in [2.45, 2.75) is 45.2 Å². The number of carbonyl (C=O) groups excluding carboxylic acids is 1. The van der Waals surface area contributed by atoms with Gasteiger partial charge in [0.2, 0.25) is 0 Å². The van der Waals surface area contributed by atoms with Crippen molar-refractivity contribution in [1.82, 2.24) is 20.6 Å². The molecule has 0 bridgehead atoms. The number of carboxylic acids is 1. The van der Waals surface area contributed by atoms with E-state index in [1.165, 1.54) is 6.33 Å². The molecule has 1 fully saturated rings. The molecule has 7 nitrogen and oxygen atoms in total. The SMILES string of the molecule is CC1CCC(NC(=O)NC(Cc2cnc[nH]2)C(=O)O)C1C. The van der Waals surface area contributed by atoms with E-state index < -0.39 is 18.0 Å². The van der Waals surface area contributed by atoms with Crippen molar-refractivity contribution in [3.63, 3.8) is 0 Å². The molecule has 0 radical (unpaired) electrons. The molecule has 1 aromatic heterocycles. The molecule has 1 aromatic rings. The number of hydrogen-bond acceptors (Lipinski definition) is 3. The maximum absolute atomic E-state index is 12.0. The van der Waals surface area contributed by atoms with E-state index in [0.717, 1.165) is 12.8 Å². The van der Waals surface area contributed by atoms with Crippen LogP contribution in [0.3, 0.4) is 0 Å². The van der Waals surface area contributed by atoms with Gasteiger partial charge >= 0.3 is 12.0 Å². The van der Waals surface area contributed by atoms with Crippen LogP contribution in [0.4, 0.5) is 4.79 Å². The number of urea groups is 1. The first-order valence-electron chi connectivity index (χ1n) is 7.24. The molecule has 4 atom stereocenters. The largest absolute Gasteiger partial charge is 0.480 e. The van der Waals surface area contributed by atoms with Gasteiger partial charge in [-0.1, -0.05) is 13.8 Å². The Morgan fingerprint density at radius 3 is 2.76 bits per heavy atom. The number of rotatable bonds is 5. The summed E-state index contributed by atoms with van der Waals surface area (Å²) in [5.41, 5.74) is 0.672. The predicted octanol–water partition coefficient (Wildman–Crippen LogP) is 1.14. The molecular weight excluding hydrogens is 272 g/mol. The van der Waals surface area contributed by atoms with Crippen molar-refractivity contribution in [2.75, 3.05) is 0 Å². The second kappa shape index (κ2) is 6.60. The van der Waals surface area contributed by atoms with E-state index in [1.807, 2.05) is 0 Å². The summed E-state index contributed by atoms with van der Waals surface area (Å²) < 4.78 is 0. The molecule has 116 valence electrons.